The van der Waals surface area contributed by atoms with E-state index in [4.69, 9.17) is 0 Å². The molecule has 0 amide bonds. The number of benzene rings is 1. The van der Waals surface area contributed by atoms with Gasteiger partial charge in [-0.15, -0.1) is 0 Å². The van der Waals surface area contributed by atoms with E-state index in [1.54, 1.807) is 0 Å². The lowest BCUT2D eigenvalue weighted by atomic mass is 10.1. The van der Waals surface area contributed by atoms with Gasteiger partial charge in [0.1, 0.15) is 0 Å². The molecule has 2 rings (SSSR count). The van der Waals surface area contributed by atoms with Crippen molar-refractivity contribution in [3.05, 3.63) is 28.2 Å². The third-order valence-corrected chi connectivity index (χ3v) is 3.99. The Morgan fingerprint density at radius 3 is 2.53 bits per heavy atom. The summed E-state index contributed by atoms with van der Waals surface area (Å²) >= 11 is 3.61. The summed E-state index contributed by atoms with van der Waals surface area (Å²) in [6.07, 6.45) is 2.68. The van der Waals surface area contributed by atoms with Gasteiger partial charge in [0.25, 0.3) is 0 Å². The molecule has 1 fully saturated rings. The highest BCUT2D eigenvalue weighted by atomic mass is 79.9. The molecule has 0 bridgehead atoms. The fraction of sp³-hybridized carbons (Fsp3) is 0.625. The van der Waals surface area contributed by atoms with Crippen LogP contribution in [0.15, 0.2) is 22.7 Å². The van der Waals surface area contributed by atoms with Gasteiger partial charge in [-0.2, -0.15) is 0 Å². The number of hydrogen-bond donors (Lipinski definition) is 1. The summed E-state index contributed by atoms with van der Waals surface area (Å²) in [7, 11) is 0. The van der Waals surface area contributed by atoms with E-state index < -0.39 is 0 Å². The molecule has 3 heteroatoms. The van der Waals surface area contributed by atoms with Gasteiger partial charge in [0.2, 0.25) is 0 Å². The molecule has 1 aromatic carbocycles. The molecule has 2 nitrogen and oxygen atoms in total. The average Bonchev–Trinajstić information content (AvgIpc) is 3.12. The molecule has 1 aliphatic carbocycles. The minimum atomic E-state index is 0.154. The number of anilines is 1. The second-order valence-corrected chi connectivity index (χ2v) is 7.31. The van der Waals surface area contributed by atoms with Gasteiger partial charge in [-0.25, -0.2) is 0 Å². The molecule has 0 spiro atoms. The van der Waals surface area contributed by atoms with Gasteiger partial charge in [0, 0.05) is 34.8 Å². The lowest BCUT2D eigenvalue weighted by Gasteiger charge is -2.28. The summed E-state index contributed by atoms with van der Waals surface area (Å²) in [6, 6.07) is 7.40. The van der Waals surface area contributed by atoms with Gasteiger partial charge in [-0.1, -0.05) is 22.0 Å². The van der Waals surface area contributed by atoms with E-state index in [2.05, 4.69) is 72.0 Å². The molecule has 0 unspecified atom stereocenters. The van der Waals surface area contributed by atoms with Crippen LogP contribution in [0, 0.1) is 0 Å². The molecule has 1 aromatic rings. The molecule has 1 N–H and O–H groups in total. The summed E-state index contributed by atoms with van der Waals surface area (Å²) in [5.74, 6) is 0. The van der Waals surface area contributed by atoms with E-state index in [-0.39, 0.29) is 5.54 Å². The van der Waals surface area contributed by atoms with Crippen molar-refractivity contribution in [1.82, 2.24) is 5.32 Å². The van der Waals surface area contributed by atoms with E-state index in [0.717, 1.165) is 19.1 Å². The van der Waals surface area contributed by atoms with Gasteiger partial charge >= 0.3 is 0 Å². The Kier molecular flexibility index (Phi) is 4.57. The van der Waals surface area contributed by atoms with Crippen LogP contribution in [0.2, 0.25) is 0 Å². The van der Waals surface area contributed by atoms with Crippen molar-refractivity contribution >= 4 is 21.6 Å². The summed E-state index contributed by atoms with van der Waals surface area (Å²) in [5.41, 5.74) is 2.93. The first kappa shape index (κ1) is 14.9. The lowest BCUT2D eigenvalue weighted by Crippen LogP contribution is -2.36. The van der Waals surface area contributed by atoms with Gasteiger partial charge in [-0.3, -0.25) is 0 Å². The normalized spacial score (nSPS) is 15.6. The maximum atomic E-state index is 3.61. The van der Waals surface area contributed by atoms with Crippen molar-refractivity contribution < 1.29 is 0 Å². The molecule has 1 saturated carbocycles. The van der Waals surface area contributed by atoms with Crippen molar-refractivity contribution in [1.29, 1.82) is 0 Å². The Bertz CT molecular complexity index is 433. The topological polar surface area (TPSA) is 15.3 Å². The van der Waals surface area contributed by atoms with Gasteiger partial charge < -0.3 is 10.2 Å². The van der Waals surface area contributed by atoms with E-state index >= 15 is 0 Å². The van der Waals surface area contributed by atoms with Crippen molar-refractivity contribution in [3.63, 3.8) is 0 Å². The summed E-state index contributed by atoms with van der Waals surface area (Å²) in [4.78, 5) is 2.55. The highest BCUT2D eigenvalue weighted by molar-refractivity contribution is 9.10. The zero-order valence-corrected chi connectivity index (χ0v) is 14.0. The van der Waals surface area contributed by atoms with E-state index in [1.165, 1.54) is 28.6 Å². The van der Waals surface area contributed by atoms with E-state index in [9.17, 15) is 0 Å². The van der Waals surface area contributed by atoms with Gasteiger partial charge in [-0.05, 0) is 58.2 Å². The van der Waals surface area contributed by atoms with Crippen LogP contribution in [0.25, 0.3) is 0 Å². The third kappa shape index (κ3) is 4.22. The Morgan fingerprint density at radius 2 is 2.00 bits per heavy atom. The van der Waals surface area contributed by atoms with Crippen LogP contribution >= 0.6 is 15.9 Å². The fourth-order valence-corrected chi connectivity index (χ4v) is 2.67. The number of nitrogens with zero attached hydrogens (tertiary/aromatic N) is 1. The van der Waals surface area contributed by atoms with Crippen LogP contribution in [0.4, 0.5) is 5.69 Å². The van der Waals surface area contributed by atoms with Crippen molar-refractivity contribution in [3.8, 4) is 0 Å². The lowest BCUT2D eigenvalue weighted by molar-refractivity contribution is 0.424. The van der Waals surface area contributed by atoms with Gasteiger partial charge in [0.15, 0.2) is 0 Å². The third-order valence-electron chi connectivity index (χ3n) is 3.49. The monoisotopic (exact) mass is 324 g/mol. The molecular weight excluding hydrogens is 300 g/mol. The Balaban J connectivity index is 2.21. The first-order valence-corrected chi connectivity index (χ1v) is 8.00. The summed E-state index contributed by atoms with van der Waals surface area (Å²) < 4.78 is 1.17. The molecule has 0 saturated heterocycles. The summed E-state index contributed by atoms with van der Waals surface area (Å²) in [6.45, 7) is 10.9. The maximum absolute atomic E-state index is 3.61. The predicted molar refractivity (Wildman–Crippen MR) is 86.8 cm³/mol. The minimum Gasteiger partial charge on any atom is -0.369 e. The standard InChI is InChI=1S/C16H25BrN2/c1-5-19(14-8-9-14)15-10-13(17)7-6-12(15)11-18-16(2,3)4/h6-7,10,14,18H,5,8-9,11H2,1-4H3. The van der Waals surface area contributed by atoms with Crippen LogP contribution in [-0.4, -0.2) is 18.1 Å². The Hall–Kier alpha value is -0.540. The first-order valence-electron chi connectivity index (χ1n) is 7.21. The maximum Gasteiger partial charge on any atom is 0.0425 e. The van der Waals surface area contributed by atoms with Gasteiger partial charge in [0.05, 0.1) is 0 Å². The Labute approximate surface area is 125 Å². The van der Waals surface area contributed by atoms with Crippen molar-refractivity contribution in [2.75, 3.05) is 11.4 Å². The number of halogens is 1. The van der Waals surface area contributed by atoms with Crippen molar-refractivity contribution in [2.45, 2.75) is 58.7 Å². The minimum absolute atomic E-state index is 0.154. The SMILES string of the molecule is CCN(c1cc(Br)ccc1CNC(C)(C)C)C1CC1. The first-order chi connectivity index (χ1) is 8.90. The molecule has 0 atom stereocenters. The second kappa shape index (κ2) is 5.84. The highest BCUT2D eigenvalue weighted by Crippen LogP contribution is 2.35. The van der Waals surface area contributed by atoms with Crippen LogP contribution in [0.1, 0.15) is 46.1 Å². The van der Waals surface area contributed by atoms with Crippen LogP contribution in [-0.2, 0) is 6.54 Å². The average molecular weight is 325 g/mol. The Morgan fingerprint density at radius 1 is 1.32 bits per heavy atom. The molecule has 106 valence electrons. The molecule has 0 radical (unpaired) electrons. The van der Waals surface area contributed by atoms with Crippen LogP contribution in [0.3, 0.4) is 0 Å². The molecule has 0 heterocycles. The van der Waals surface area contributed by atoms with Crippen LogP contribution in [0.5, 0.6) is 0 Å². The van der Waals surface area contributed by atoms with E-state index in [1.807, 2.05) is 0 Å². The second-order valence-electron chi connectivity index (χ2n) is 6.39. The molecular formula is C16H25BrN2. The summed E-state index contributed by atoms with van der Waals surface area (Å²) in [5, 5.41) is 3.59. The van der Waals surface area contributed by atoms with E-state index in [0.29, 0.717) is 0 Å². The zero-order chi connectivity index (χ0) is 14.0. The smallest absolute Gasteiger partial charge is 0.0425 e. The van der Waals surface area contributed by atoms with Crippen LogP contribution < -0.4 is 10.2 Å². The molecule has 0 aromatic heterocycles. The predicted octanol–water partition coefficient (Wildman–Crippen LogP) is 4.33. The molecule has 1 aliphatic rings. The molecule has 0 aliphatic heterocycles. The fourth-order valence-electron chi connectivity index (χ4n) is 2.33. The number of rotatable bonds is 5. The zero-order valence-electron chi connectivity index (χ0n) is 12.5. The largest absolute Gasteiger partial charge is 0.369 e. The number of nitrogens with one attached hydrogen (secondary N) is 1. The van der Waals surface area contributed by atoms with Crippen molar-refractivity contribution in [2.24, 2.45) is 0 Å². The number of hydrogen-bond acceptors (Lipinski definition) is 2. The highest BCUT2D eigenvalue weighted by Gasteiger charge is 2.29. The quantitative estimate of drug-likeness (QED) is 0.867. The molecule has 19 heavy (non-hydrogen) atoms.